The molecule has 0 amide bonds. The SMILES string of the molecule is CC(=O)c1sc(NCC2(C(C)C)CC2)c(C2CC2)c1N. The second-order valence-corrected chi connectivity index (χ2v) is 7.81. The number of nitrogen functional groups attached to an aromatic ring is 1. The second kappa shape index (κ2) is 4.76. The highest BCUT2D eigenvalue weighted by Crippen LogP contribution is 2.54. The number of Topliss-reactive ketones (excluding diaryl/α,β-unsaturated/α-hetero) is 1. The fourth-order valence-electron chi connectivity index (χ4n) is 3.00. The number of ketones is 1. The molecule has 2 fully saturated rings. The maximum Gasteiger partial charge on any atom is 0.171 e. The summed E-state index contributed by atoms with van der Waals surface area (Å²) < 4.78 is 0. The normalized spacial score (nSPS) is 20.2. The third-order valence-electron chi connectivity index (χ3n) is 5.01. The molecule has 4 heteroatoms. The Morgan fingerprint density at radius 3 is 2.55 bits per heavy atom. The molecule has 1 heterocycles. The zero-order valence-electron chi connectivity index (χ0n) is 12.6. The van der Waals surface area contributed by atoms with Gasteiger partial charge in [-0.25, -0.2) is 0 Å². The van der Waals surface area contributed by atoms with E-state index in [0.29, 0.717) is 17.3 Å². The van der Waals surface area contributed by atoms with E-state index >= 15 is 0 Å². The number of nitrogens with two attached hydrogens (primary N) is 1. The Balaban J connectivity index is 1.82. The van der Waals surface area contributed by atoms with Crippen LogP contribution < -0.4 is 11.1 Å². The maximum absolute atomic E-state index is 11.7. The standard InChI is InChI=1S/C16H24N2OS/c1-9(2)16(6-7-16)8-18-15-12(11-4-5-11)13(17)14(20-15)10(3)19/h9,11,18H,4-8,17H2,1-3H3. The number of anilines is 2. The van der Waals surface area contributed by atoms with Crippen molar-refractivity contribution in [2.24, 2.45) is 11.3 Å². The first-order valence-corrected chi connectivity index (χ1v) is 8.43. The number of hydrogen-bond acceptors (Lipinski definition) is 4. The van der Waals surface area contributed by atoms with E-state index in [1.54, 1.807) is 18.3 Å². The highest BCUT2D eigenvalue weighted by molar-refractivity contribution is 7.18. The summed E-state index contributed by atoms with van der Waals surface area (Å²) in [7, 11) is 0. The lowest BCUT2D eigenvalue weighted by atomic mass is 9.92. The van der Waals surface area contributed by atoms with E-state index < -0.39 is 0 Å². The molecule has 1 aromatic rings. The molecule has 3 rings (SSSR count). The zero-order valence-corrected chi connectivity index (χ0v) is 13.4. The molecular weight excluding hydrogens is 268 g/mol. The summed E-state index contributed by atoms with van der Waals surface area (Å²) in [4.78, 5) is 12.4. The van der Waals surface area contributed by atoms with Gasteiger partial charge in [0.2, 0.25) is 0 Å². The van der Waals surface area contributed by atoms with E-state index in [2.05, 4.69) is 19.2 Å². The van der Waals surface area contributed by atoms with Crippen LogP contribution in [0.5, 0.6) is 0 Å². The van der Waals surface area contributed by atoms with Gasteiger partial charge in [0.1, 0.15) is 0 Å². The topological polar surface area (TPSA) is 55.1 Å². The van der Waals surface area contributed by atoms with Gasteiger partial charge >= 0.3 is 0 Å². The monoisotopic (exact) mass is 292 g/mol. The minimum absolute atomic E-state index is 0.0902. The summed E-state index contributed by atoms with van der Waals surface area (Å²) >= 11 is 1.56. The van der Waals surface area contributed by atoms with Crippen molar-refractivity contribution in [2.45, 2.75) is 52.4 Å². The van der Waals surface area contributed by atoms with E-state index in [9.17, 15) is 4.79 Å². The summed E-state index contributed by atoms with van der Waals surface area (Å²) in [5.74, 6) is 1.38. The largest absolute Gasteiger partial charge is 0.397 e. The Kier molecular flexibility index (Phi) is 3.32. The van der Waals surface area contributed by atoms with Gasteiger partial charge in [-0.15, -0.1) is 11.3 Å². The molecule has 3 N–H and O–H groups in total. The lowest BCUT2D eigenvalue weighted by Crippen LogP contribution is -2.20. The molecule has 20 heavy (non-hydrogen) atoms. The van der Waals surface area contributed by atoms with Gasteiger partial charge in [0, 0.05) is 19.0 Å². The predicted octanol–water partition coefficient (Wildman–Crippen LogP) is 4.26. The molecule has 0 atom stereocenters. The van der Waals surface area contributed by atoms with E-state index in [1.165, 1.54) is 31.2 Å². The summed E-state index contributed by atoms with van der Waals surface area (Å²) in [6, 6.07) is 0. The van der Waals surface area contributed by atoms with E-state index in [4.69, 9.17) is 5.73 Å². The summed E-state index contributed by atoms with van der Waals surface area (Å²) in [6.07, 6.45) is 5.05. The van der Waals surface area contributed by atoms with Gasteiger partial charge in [0.25, 0.3) is 0 Å². The van der Waals surface area contributed by atoms with Crippen LogP contribution in [-0.2, 0) is 0 Å². The molecule has 0 bridgehead atoms. The van der Waals surface area contributed by atoms with Crippen LogP contribution >= 0.6 is 11.3 Å². The van der Waals surface area contributed by atoms with Gasteiger partial charge in [-0.2, -0.15) is 0 Å². The third-order valence-corrected chi connectivity index (χ3v) is 6.29. The highest BCUT2D eigenvalue weighted by Gasteiger charge is 2.45. The van der Waals surface area contributed by atoms with Crippen LogP contribution in [0.4, 0.5) is 10.7 Å². The maximum atomic E-state index is 11.7. The molecule has 110 valence electrons. The van der Waals surface area contributed by atoms with Crippen LogP contribution in [0.15, 0.2) is 0 Å². The number of rotatable bonds is 6. The molecule has 0 radical (unpaired) electrons. The Hall–Kier alpha value is -1.03. The molecule has 0 spiro atoms. The fraction of sp³-hybridized carbons (Fsp3) is 0.688. The van der Waals surface area contributed by atoms with Gasteiger partial charge < -0.3 is 11.1 Å². The molecule has 0 aliphatic heterocycles. The quantitative estimate of drug-likeness (QED) is 0.770. The molecule has 2 aliphatic rings. The van der Waals surface area contributed by atoms with Gasteiger partial charge in [-0.1, -0.05) is 13.8 Å². The van der Waals surface area contributed by atoms with E-state index in [-0.39, 0.29) is 5.78 Å². The van der Waals surface area contributed by atoms with Crippen molar-refractivity contribution in [1.82, 2.24) is 0 Å². The smallest absolute Gasteiger partial charge is 0.171 e. The van der Waals surface area contributed by atoms with Crippen LogP contribution in [0.1, 0.15) is 67.6 Å². The minimum atomic E-state index is 0.0902. The van der Waals surface area contributed by atoms with Crippen molar-refractivity contribution >= 4 is 27.8 Å². The number of nitrogens with one attached hydrogen (secondary N) is 1. The molecule has 2 aliphatic carbocycles. The molecular formula is C16H24N2OS. The van der Waals surface area contributed by atoms with Gasteiger partial charge in [-0.05, 0) is 42.9 Å². The van der Waals surface area contributed by atoms with Crippen molar-refractivity contribution in [3.63, 3.8) is 0 Å². The molecule has 0 aromatic carbocycles. The summed E-state index contributed by atoms with van der Waals surface area (Å²) in [6.45, 7) is 7.24. The van der Waals surface area contributed by atoms with Crippen LogP contribution in [0.25, 0.3) is 0 Å². The second-order valence-electron chi connectivity index (χ2n) is 6.79. The molecule has 1 aromatic heterocycles. The van der Waals surface area contributed by atoms with E-state index in [1.807, 2.05) is 0 Å². The Morgan fingerprint density at radius 1 is 1.45 bits per heavy atom. The zero-order chi connectivity index (χ0) is 14.5. The van der Waals surface area contributed by atoms with Crippen molar-refractivity contribution in [3.8, 4) is 0 Å². The lowest BCUT2D eigenvalue weighted by Gasteiger charge is -2.20. The van der Waals surface area contributed by atoms with Crippen molar-refractivity contribution in [3.05, 3.63) is 10.4 Å². The number of carbonyl (C=O) groups is 1. The Labute approximate surface area is 124 Å². The molecule has 0 saturated heterocycles. The van der Waals surface area contributed by atoms with Gasteiger partial charge in [0.05, 0.1) is 15.6 Å². The highest BCUT2D eigenvalue weighted by atomic mass is 32.1. The van der Waals surface area contributed by atoms with Crippen molar-refractivity contribution in [1.29, 1.82) is 0 Å². The van der Waals surface area contributed by atoms with Crippen LogP contribution in [0.3, 0.4) is 0 Å². The average molecular weight is 292 g/mol. The van der Waals surface area contributed by atoms with Crippen LogP contribution in [0, 0.1) is 11.3 Å². The summed E-state index contributed by atoms with van der Waals surface area (Å²) in [5, 5.41) is 4.78. The average Bonchev–Trinajstić information content (AvgIpc) is 3.27. The first-order chi connectivity index (χ1) is 9.44. The van der Waals surface area contributed by atoms with E-state index in [0.717, 1.165) is 22.1 Å². The molecule has 2 saturated carbocycles. The molecule has 0 unspecified atom stereocenters. The van der Waals surface area contributed by atoms with Crippen LogP contribution in [-0.4, -0.2) is 12.3 Å². The predicted molar refractivity (Wildman–Crippen MR) is 85.7 cm³/mol. The first-order valence-electron chi connectivity index (χ1n) is 7.61. The number of hydrogen-bond donors (Lipinski definition) is 2. The Bertz CT molecular complexity index is 539. The van der Waals surface area contributed by atoms with Crippen molar-refractivity contribution < 1.29 is 4.79 Å². The van der Waals surface area contributed by atoms with Gasteiger partial charge in [0.15, 0.2) is 5.78 Å². The first kappa shape index (κ1) is 13.9. The summed E-state index contributed by atoms with van der Waals surface area (Å²) in [5.41, 5.74) is 8.64. The lowest BCUT2D eigenvalue weighted by molar-refractivity contribution is 0.102. The third kappa shape index (κ3) is 2.34. The molecule has 3 nitrogen and oxygen atoms in total. The number of carbonyl (C=O) groups excluding carboxylic acids is 1. The van der Waals surface area contributed by atoms with Crippen molar-refractivity contribution in [2.75, 3.05) is 17.6 Å². The van der Waals surface area contributed by atoms with Gasteiger partial charge in [-0.3, -0.25) is 4.79 Å². The Morgan fingerprint density at radius 2 is 2.10 bits per heavy atom. The fourth-order valence-corrected chi connectivity index (χ4v) is 4.10. The van der Waals surface area contributed by atoms with Crippen LogP contribution in [0.2, 0.25) is 0 Å². The minimum Gasteiger partial charge on any atom is -0.397 e. The number of thiophene rings is 1.